The Hall–Kier alpha value is 0.100. The molecule has 0 bridgehead atoms. The zero-order valence-corrected chi connectivity index (χ0v) is 4.85. The number of rotatable bonds is 0. The first-order chi connectivity index (χ1) is 2.77. The SMILES string of the molecule is CC=C=C(Cl)Cl. The van der Waals surface area contributed by atoms with Gasteiger partial charge in [-0.15, -0.1) is 0 Å². The molecular weight excluding hydrogens is 119 g/mol. The van der Waals surface area contributed by atoms with Crippen LogP contribution in [-0.4, -0.2) is 0 Å². The van der Waals surface area contributed by atoms with Crippen LogP contribution in [0.4, 0.5) is 0 Å². The zero-order chi connectivity index (χ0) is 4.99. The zero-order valence-electron chi connectivity index (χ0n) is 3.33. The summed E-state index contributed by atoms with van der Waals surface area (Å²) in [5, 5.41) is 0. The molecular formula is C4H4Cl2. The van der Waals surface area contributed by atoms with E-state index in [2.05, 4.69) is 5.73 Å². The van der Waals surface area contributed by atoms with E-state index in [1.807, 2.05) is 0 Å². The summed E-state index contributed by atoms with van der Waals surface area (Å²) in [6.45, 7) is 1.80. The molecule has 34 valence electrons. The predicted octanol–water partition coefficient (Wildman–Crippen LogP) is 2.48. The second-order valence-corrected chi connectivity index (χ2v) is 1.64. The van der Waals surface area contributed by atoms with Gasteiger partial charge >= 0.3 is 0 Å². The Morgan fingerprint density at radius 1 is 1.67 bits per heavy atom. The lowest BCUT2D eigenvalue weighted by Crippen LogP contribution is -1.36. The standard InChI is InChI=1S/C4H4Cl2/c1-2-3-4(5)6/h2H,1H3. The van der Waals surface area contributed by atoms with E-state index in [-0.39, 0.29) is 4.49 Å². The van der Waals surface area contributed by atoms with Gasteiger partial charge in [0.25, 0.3) is 0 Å². The first-order valence-electron chi connectivity index (χ1n) is 1.49. The minimum atomic E-state index is 0.178. The van der Waals surface area contributed by atoms with E-state index >= 15 is 0 Å². The molecule has 0 saturated heterocycles. The third-order valence-corrected chi connectivity index (χ3v) is 0.472. The van der Waals surface area contributed by atoms with Crippen molar-refractivity contribution in [2.24, 2.45) is 0 Å². The van der Waals surface area contributed by atoms with Crippen molar-refractivity contribution < 1.29 is 0 Å². The van der Waals surface area contributed by atoms with E-state index in [4.69, 9.17) is 23.2 Å². The van der Waals surface area contributed by atoms with Gasteiger partial charge in [0.1, 0.15) is 4.49 Å². The van der Waals surface area contributed by atoms with Gasteiger partial charge in [-0.3, -0.25) is 0 Å². The predicted molar refractivity (Wildman–Crippen MR) is 29.0 cm³/mol. The van der Waals surface area contributed by atoms with Gasteiger partial charge in [-0.1, -0.05) is 28.9 Å². The van der Waals surface area contributed by atoms with Crippen molar-refractivity contribution in [3.8, 4) is 0 Å². The van der Waals surface area contributed by atoms with Crippen molar-refractivity contribution in [2.75, 3.05) is 0 Å². The summed E-state index contributed by atoms with van der Waals surface area (Å²) >= 11 is 10.2. The topological polar surface area (TPSA) is 0 Å². The van der Waals surface area contributed by atoms with Gasteiger partial charge in [0.2, 0.25) is 0 Å². The molecule has 0 radical (unpaired) electrons. The largest absolute Gasteiger partial charge is 0.148 e. The molecule has 0 fully saturated rings. The molecule has 0 atom stereocenters. The fourth-order valence-electron chi connectivity index (χ4n) is 0.109. The fraction of sp³-hybridized carbons (Fsp3) is 0.250. The molecule has 0 heterocycles. The number of allylic oxidation sites excluding steroid dienone is 1. The van der Waals surface area contributed by atoms with Gasteiger partial charge in [-0.05, 0) is 13.0 Å². The van der Waals surface area contributed by atoms with Gasteiger partial charge in [0, 0.05) is 0 Å². The van der Waals surface area contributed by atoms with Gasteiger partial charge in [-0.2, -0.15) is 0 Å². The van der Waals surface area contributed by atoms with E-state index in [9.17, 15) is 0 Å². The van der Waals surface area contributed by atoms with Crippen LogP contribution in [0.3, 0.4) is 0 Å². The summed E-state index contributed by atoms with van der Waals surface area (Å²) < 4.78 is 0.178. The Bertz CT molecular complexity index is 83.7. The Morgan fingerprint density at radius 2 is 2.17 bits per heavy atom. The highest BCUT2D eigenvalue weighted by Crippen LogP contribution is 2.01. The average Bonchev–Trinajstić information content (AvgIpc) is 1.35. The molecule has 0 saturated carbocycles. The molecule has 0 nitrogen and oxygen atoms in total. The van der Waals surface area contributed by atoms with E-state index in [1.54, 1.807) is 13.0 Å². The lowest BCUT2D eigenvalue weighted by Gasteiger charge is -1.63. The Kier molecular flexibility index (Phi) is 3.35. The van der Waals surface area contributed by atoms with Crippen LogP contribution in [-0.2, 0) is 0 Å². The summed E-state index contributed by atoms with van der Waals surface area (Å²) in [7, 11) is 0. The van der Waals surface area contributed by atoms with Crippen LogP contribution in [0.5, 0.6) is 0 Å². The third kappa shape index (κ3) is 4.10. The molecule has 0 aromatic rings. The van der Waals surface area contributed by atoms with E-state index in [0.29, 0.717) is 0 Å². The summed E-state index contributed by atoms with van der Waals surface area (Å²) in [4.78, 5) is 0. The minimum absolute atomic E-state index is 0.178. The maximum atomic E-state index is 5.12. The molecule has 0 spiro atoms. The first kappa shape index (κ1) is 6.10. The van der Waals surface area contributed by atoms with E-state index < -0.39 is 0 Å². The molecule has 0 unspecified atom stereocenters. The van der Waals surface area contributed by atoms with Crippen molar-refractivity contribution in [3.05, 3.63) is 16.3 Å². The lowest BCUT2D eigenvalue weighted by molar-refractivity contribution is 1.77. The minimum Gasteiger partial charge on any atom is -0.0931 e. The van der Waals surface area contributed by atoms with Crippen molar-refractivity contribution >= 4 is 23.2 Å². The van der Waals surface area contributed by atoms with Crippen LogP contribution >= 0.6 is 23.2 Å². The van der Waals surface area contributed by atoms with Gasteiger partial charge in [0.05, 0.1) is 0 Å². The quantitative estimate of drug-likeness (QED) is 0.434. The van der Waals surface area contributed by atoms with E-state index in [0.717, 1.165) is 0 Å². The third-order valence-electron chi connectivity index (χ3n) is 0.253. The van der Waals surface area contributed by atoms with Crippen LogP contribution in [0, 0.1) is 0 Å². The van der Waals surface area contributed by atoms with Crippen molar-refractivity contribution in [1.82, 2.24) is 0 Å². The second kappa shape index (κ2) is 3.30. The molecule has 0 rings (SSSR count). The normalized spacial score (nSPS) is 6.50. The van der Waals surface area contributed by atoms with Crippen LogP contribution in [0.25, 0.3) is 0 Å². The Labute approximate surface area is 47.1 Å². The van der Waals surface area contributed by atoms with Crippen molar-refractivity contribution in [2.45, 2.75) is 6.92 Å². The van der Waals surface area contributed by atoms with Crippen LogP contribution in [0.1, 0.15) is 6.92 Å². The summed E-state index contributed by atoms with van der Waals surface area (Å²) in [6, 6.07) is 0. The lowest BCUT2D eigenvalue weighted by atomic mass is 10.7. The monoisotopic (exact) mass is 122 g/mol. The molecule has 0 N–H and O–H groups in total. The average molecular weight is 123 g/mol. The highest BCUT2D eigenvalue weighted by atomic mass is 35.5. The first-order valence-corrected chi connectivity index (χ1v) is 2.25. The molecule has 6 heavy (non-hydrogen) atoms. The molecule has 0 aromatic carbocycles. The van der Waals surface area contributed by atoms with Gasteiger partial charge in [-0.25, -0.2) is 0 Å². The number of halogens is 2. The van der Waals surface area contributed by atoms with E-state index in [1.165, 1.54) is 0 Å². The van der Waals surface area contributed by atoms with Gasteiger partial charge < -0.3 is 0 Å². The summed E-state index contributed by atoms with van der Waals surface area (Å²) in [5.74, 6) is 0. The highest BCUT2D eigenvalue weighted by Gasteiger charge is 1.68. The maximum Gasteiger partial charge on any atom is 0.148 e. The maximum absolute atomic E-state index is 5.12. The Balaban J connectivity index is 3.73. The van der Waals surface area contributed by atoms with Crippen LogP contribution < -0.4 is 0 Å². The molecule has 0 aromatic heterocycles. The van der Waals surface area contributed by atoms with Gasteiger partial charge in [0.15, 0.2) is 0 Å². The fourth-order valence-corrected chi connectivity index (χ4v) is 0.327. The highest BCUT2D eigenvalue weighted by molar-refractivity contribution is 6.55. The van der Waals surface area contributed by atoms with Crippen LogP contribution in [0.15, 0.2) is 16.3 Å². The number of hydrogen-bond donors (Lipinski definition) is 0. The molecule has 0 aliphatic rings. The van der Waals surface area contributed by atoms with Crippen LogP contribution in [0.2, 0.25) is 0 Å². The molecule has 2 heteroatoms. The molecule has 0 aliphatic heterocycles. The Morgan fingerprint density at radius 3 is 2.17 bits per heavy atom. The van der Waals surface area contributed by atoms with Crippen molar-refractivity contribution in [3.63, 3.8) is 0 Å². The second-order valence-electron chi connectivity index (χ2n) is 0.693. The van der Waals surface area contributed by atoms with Crippen molar-refractivity contribution in [1.29, 1.82) is 0 Å². The summed E-state index contributed by atoms with van der Waals surface area (Å²) in [5.41, 5.74) is 2.53. The smallest absolute Gasteiger partial charge is 0.0931 e. The summed E-state index contributed by atoms with van der Waals surface area (Å²) in [6.07, 6.45) is 1.65. The number of hydrogen-bond acceptors (Lipinski definition) is 0. The molecule has 0 aliphatic carbocycles. The molecule has 0 amide bonds.